The van der Waals surface area contributed by atoms with Crippen LogP contribution in [0.5, 0.6) is 0 Å². The molecule has 2 atom stereocenters. The highest BCUT2D eigenvalue weighted by Crippen LogP contribution is 2.24. The molecule has 2 aliphatic rings. The first-order valence-electron chi connectivity index (χ1n) is 7.32. The lowest BCUT2D eigenvalue weighted by atomic mass is 10.1. The number of carbonyl (C=O) groups is 2. The largest absolute Gasteiger partial charge is 0.467 e. The average Bonchev–Trinajstić information content (AvgIpc) is 2.87. The lowest BCUT2D eigenvalue weighted by Gasteiger charge is -2.32. The SMILES string of the molecule is COC(=O)C1CCC(=O)N1C(C)CCN1CCOCC1. The van der Waals surface area contributed by atoms with Gasteiger partial charge in [-0.1, -0.05) is 0 Å². The van der Waals surface area contributed by atoms with Gasteiger partial charge in [-0.15, -0.1) is 0 Å². The van der Waals surface area contributed by atoms with Crippen LogP contribution < -0.4 is 0 Å². The molecule has 2 aliphatic heterocycles. The number of rotatable bonds is 5. The van der Waals surface area contributed by atoms with Gasteiger partial charge in [-0.2, -0.15) is 0 Å². The minimum absolute atomic E-state index is 0.0647. The van der Waals surface area contributed by atoms with E-state index < -0.39 is 6.04 Å². The minimum atomic E-state index is -0.396. The Bertz CT molecular complexity index is 355. The lowest BCUT2D eigenvalue weighted by Crippen LogP contribution is -2.46. The van der Waals surface area contributed by atoms with Gasteiger partial charge in [0.1, 0.15) is 6.04 Å². The van der Waals surface area contributed by atoms with E-state index in [1.54, 1.807) is 4.90 Å². The Morgan fingerprint density at radius 3 is 2.80 bits per heavy atom. The van der Waals surface area contributed by atoms with Crippen LogP contribution in [-0.2, 0) is 19.1 Å². The zero-order valence-electron chi connectivity index (χ0n) is 12.3. The molecule has 2 rings (SSSR count). The smallest absolute Gasteiger partial charge is 0.328 e. The number of morpholine rings is 1. The molecule has 20 heavy (non-hydrogen) atoms. The molecule has 2 fully saturated rings. The summed E-state index contributed by atoms with van der Waals surface area (Å²) >= 11 is 0. The number of hydrogen-bond acceptors (Lipinski definition) is 5. The summed E-state index contributed by atoms with van der Waals surface area (Å²) in [6, 6.07) is -0.330. The number of amides is 1. The number of esters is 1. The molecular formula is C14H24N2O4. The van der Waals surface area contributed by atoms with Crippen molar-refractivity contribution < 1.29 is 19.1 Å². The Hall–Kier alpha value is -1.14. The Balaban J connectivity index is 1.87. The molecular weight excluding hydrogens is 260 g/mol. The van der Waals surface area contributed by atoms with Crippen LogP contribution in [0, 0.1) is 0 Å². The van der Waals surface area contributed by atoms with Gasteiger partial charge in [0.05, 0.1) is 20.3 Å². The van der Waals surface area contributed by atoms with E-state index >= 15 is 0 Å². The van der Waals surface area contributed by atoms with Gasteiger partial charge in [0.2, 0.25) is 5.91 Å². The van der Waals surface area contributed by atoms with Gasteiger partial charge < -0.3 is 14.4 Å². The standard InChI is InChI=1S/C14H24N2O4/c1-11(5-6-15-7-9-20-10-8-15)16-12(14(18)19-2)3-4-13(16)17/h11-12H,3-10H2,1-2H3. The molecule has 2 unspecified atom stereocenters. The first kappa shape index (κ1) is 15.3. The summed E-state index contributed by atoms with van der Waals surface area (Å²) in [5, 5.41) is 0. The van der Waals surface area contributed by atoms with Crippen molar-refractivity contribution in [3.05, 3.63) is 0 Å². The predicted octanol–water partition coefficient (Wildman–Crippen LogP) is 0.261. The van der Waals surface area contributed by atoms with Crippen molar-refractivity contribution in [3.8, 4) is 0 Å². The van der Waals surface area contributed by atoms with Crippen LogP contribution in [0.25, 0.3) is 0 Å². The zero-order valence-corrected chi connectivity index (χ0v) is 12.3. The van der Waals surface area contributed by atoms with Gasteiger partial charge in [0, 0.05) is 32.1 Å². The zero-order chi connectivity index (χ0) is 14.5. The number of nitrogens with zero attached hydrogens (tertiary/aromatic N) is 2. The summed E-state index contributed by atoms with van der Waals surface area (Å²) in [4.78, 5) is 27.8. The van der Waals surface area contributed by atoms with Crippen molar-refractivity contribution in [2.24, 2.45) is 0 Å². The van der Waals surface area contributed by atoms with E-state index in [4.69, 9.17) is 9.47 Å². The van der Waals surface area contributed by atoms with Gasteiger partial charge in [0.25, 0.3) is 0 Å². The van der Waals surface area contributed by atoms with Crippen LogP contribution in [0.4, 0.5) is 0 Å². The summed E-state index contributed by atoms with van der Waals surface area (Å²) in [5.74, 6) is -0.232. The fraction of sp³-hybridized carbons (Fsp3) is 0.857. The number of carbonyl (C=O) groups excluding carboxylic acids is 2. The molecule has 2 heterocycles. The van der Waals surface area contributed by atoms with Crippen LogP contribution in [0.3, 0.4) is 0 Å². The first-order valence-corrected chi connectivity index (χ1v) is 7.32. The molecule has 0 radical (unpaired) electrons. The van der Waals surface area contributed by atoms with Crippen molar-refractivity contribution in [2.75, 3.05) is 40.0 Å². The van der Waals surface area contributed by atoms with Crippen molar-refractivity contribution in [2.45, 2.75) is 38.3 Å². The Morgan fingerprint density at radius 2 is 2.15 bits per heavy atom. The normalized spacial score (nSPS) is 25.8. The minimum Gasteiger partial charge on any atom is -0.467 e. The molecule has 0 N–H and O–H groups in total. The number of ether oxygens (including phenoxy) is 2. The maximum Gasteiger partial charge on any atom is 0.328 e. The summed E-state index contributed by atoms with van der Waals surface area (Å²) in [6.07, 6.45) is 1.90. The molecule has 0 spiro atoms. The van der Waals surface area contributed by atoms with E-state index in [1.165, 1.54) is 7.11 Å². The van der Waals surface area contributed by atoms with Crippen LogP contribution in [0.15, 0.2) is 0 Å². The lowest BCUT2D eigenvalue weighted by molar-refractivity contribution is -0.150. The second kappa shape index (κ2) is 7.04. The van der Waals surface area contributed by atoms with E-state index in [1.807, 2.05) is 6.92 Å². The summed E-state index contributed by atoms with van der Waals surface area (Å²) < 4.78 is 10.1. The number of hydrogen-bond donors (Lipinski definition) is 0. The molecule has 114 valence electrons. The molecule has 0 aromatic rings. The number of methoxy groups -OCH3 is 1. The molecule has 6 nitrogen and oxygen atoms in total. The Kier molecular flexibility index (Phi) is 5.37. The maximum atomic E-state index is 12.0. The molecule has 0 saturated carbocycles. The molecule has 0 aliphatic carbocycles. The quantitative estimate of drug-likeness (QED) is 0.678. The highest BCUT2D eigenvalue weighted by Gasteiger charge is 2.39. The highest BCUT2D eigenvalue weighted by atomic mass is 16.5. The van der Waals surface area contributed by atoms with E-state index in [9.17, 15) is 9.59 Å². The van der Waals surface area contributed by atoms with Crippen molar-refractivity contribution in [3.63, 3.8) is 0 Å². The van der Waals surface area contributed by atoms with Crippen molar-refractivity contribution in [1.29, 1.82) is 0 Å². The third-order valence-electron chi connectivity index (χ3n) is 4.17. The Labute approximate surface area is 120 Å². The van der Waals surface area contributed by atoms with E-state index in [-0.39, 0.29) is 17.9 Å². The van der Waals surface area contributed by atoms with E-state index in [0.29, 0.717) is 12.8 Å². The van der Waals surface area contributed by atoms with Crippen molar-refractivity contribution in [1.82, 2.24) is 9.80 Å². The van der Waals surface area contributed by atoms with Gasteiger partial charge in [-0.25, -0.2) is 4.79 Å². The van der Waals surface area contributed by atoms with Crippen LogP contribution in [0.2, 0.25) is 0 Å². The maximum absolute atomic E-state index is 12.0. The summed E-state index contributed by atoms with van der Waals surface area (Å²) in [7, 11) is 1.38. The van der Waals surface area contributed by atoms with Crippen LogP contribution in [-0.4, -0.2) is 73.7 Å². The highest BCUT2D eigenvalue weighted by molar-refractivity contribution is 5.88. The second-order valence-corrected chi connectivity index (χ2v) is 5.47. The first-order chi connectivity index (χ1) is 9.63. The topological polar surface area (TPSA) is 59.1 Å². The molecule has 0 aromatic heterocycles. The molecule has 2 saturated heterocycles. The van der Waals surface area contributed by atoms with Crippen molar-refractivity contribution >= 4 is 11.9 Å². The monoisotopic (exact) mass is 284 g/mol. The van der Waals surface area contributed by atoms with E-state index in [2.05, 4.69) is 4.90 Å². The van der Waals surface area contributed by atoms with Crippen LogP contribution >= 0.6 is 0 Å². The molecule has 0 aromatic carbocycles. The predicted molar refractivity (Wildman–Crippen MR) is 73.2 cm³/mol. The fourth-order valence-electron chi connectivity index (χ4n) is 2.96. The van der Waals surface area contributed by atoms with Gasteiger partial charge >= 0.3 is 5.97 Å². The molecule has 1 amide bonds. The van der Waals surface area contributed by atoms with Gasteiger partial charge in [-0.3, -0.25) is 9.69 Å². The van der Waals surface area contributed by atoms with E-state index in [0.717, 1.165) is 39.3 Å². The third kappa shape index (κ3) is 3.49. The average molecular weight is 284 g/mol. The number of likely N-dealkylation sites (tertiary alicyclic amines) is 1. The second-order valence-electron chi connectivity index (χ2n) is 5.47. The summed E-state index contributed by atoms with van der Waals surface area (Å²) in [6.45, 7) is 6.40. The van der Waals surface area contributed by atoms with Crippen LogP contribution in [0.1, 0.15) is 26.2 Å². The van der Waals surface area contributed by atoms with Gasteiger partial charge in [-0.05, 0) is 19.8 Å². The molecule has 6 heteroatoms. The summed E-state index contributed by atoms with van der Waals surface area (Å²) in [5.41, 5.74) is 0. The Morgan fingerprint density at radius 1 is 1.45 bits per heavy atom. The third-order valence-corrected chi connectivity index (χ3v) is 4.17. The molecule has 0 bridgehead atoms. The van der Waals surface area contributed by atoms with Gasteiger partial charge in [0.15, 0.2) is 0 Å². The fourth-order valence-corrected chi connectivity index (χ4v) is 2.96.